The van der Waals surface area contributed by atoms with Gasteiger partial charge in [0.25, 0.3) is 0 Å². The van der Waals surface area contributed by atoms with Crippen molar-refractivity contribution in [2.24, 2.45) is 4.99 Å². The zero-order valence-corrected chi connectivity index (χ0v) is 18.1. The molecule has 0 saturated heterocycles. The molecule has 0 saturated carbocycles. The van der Waals surface area contributed by atoms with E-state index in [2.05, 4.69) is 9.98 Å². The summed E-state index contributed by atoms with van der Waals surface area (Å²) in [7, 11) is -10.1. The Morgan fingerprint density at radius 1 is 1.00 bits per heavy atom. The third-order valence-corrected chi connectivity index (χ3v) is 9.32. The molecule has 0 unspecified atom stereocenters. The number of nitrogens with zero attached hydrogens (tertiary/aromatic N) is 2. The van der Waals surface area contributed by atoms with Crippen LogP contribution in [0, 0.1) is 0 Å². The van der Waals surface area contributed by atoms with E-state index < -0.39 is 27.0 Å². The van der Waals surface area contributed by atoms with Crippen molar-refractivity contribution >= 4 is 32.7 Å². The highest BCUT2D eigenvalue weighted by Gasteiger charge is 2.43. The van der Waals surface area contributed by atoms with E-state index >= 15 is 0 Å². The van der Waals surface area contributed by atoms with Gasteiger partial charge in [-0.1, -0.05) is 12.1 Å². The predicted molar refractivity (Wildman–Crippen MR) is 116 cm³/mol. The van der Waals surface area contributed by atoms with Gasteiger partial charge in [0.05, 0.1) is 12.2 Å². The summed E-state index contributed by atoms with van der Waals surface area (Å²) in [6, 6.07) is 9.29. The van der Waals surface area contributed by atoms with Crippen molar-refractivity contribution in [3.05, 3.63) is 64.0 Å². The zero-order chi connectivity index (χ0) is 21.5. The molecule has 11 heteroatoms. The van der Waals surface area contributed by atoms with Gasteiger partial charge in [-0.25, -0.2) is 0 Å². The van der Waals surface area contributed by atoms with Crippen LogP contribution in [0.2, 0.25) is 0 Å². The molecule has 30 heavy (non-hydrogen) atoms. The van der Waals surface area contributed by atoms with Crippen molar-refractivity contribution in [1.82, 2.24) is 4.98 Å². The Hall–Kier alpha value is -1.96. The first-order valence-corrected chi connectivity index (χ1v) is 13.2. The van der Waals surface area contributed by atoms with E-state index in [1.807, 2.05) is 29.0 Å². The topological polar surface area (TPSA) is 140 Å². The summed E-state index contributed by atoms with van der Waals surface area (Å²) in [6.45, 7) is 0.627. The summed E-state index contributed by atoms with van der Waals surface area (Å²) in [5.74, 6) is 0. The Morgan fingerprint density at radius 2 is 1.77 bits per heavy atom. The van der Waals surface area contributed by atoms with Gasteiger partial charge in [0.15, 0.2) is 5.40 Å². The van der Waals surface area contributed by atoms with Crippen LogP contribution in [0.25, 0.3) is 22.4 Å². The fourth-order valence-corrected chi connectivity index (χ4v) is 6.47. The van der Waals surface area contributed by atoms with Gasteiger partial charge in [-0.05, 0) is 45.8 Å². The molecule has 0 bridgehead atoms. The Kier molecular flexibility index (Phi) is 5.64. The number of fused-ring (bicyclic) bond motifs is 1. The van der Waals surface area contributed by atoms with E-state index in [1.165, 1.54) is 11.3 Å². The summed E-state index contributed by atoms with van der Waals surface area (Å²) < 4.78 is 23.7. The molecule has 0 aliphatic carbocycles. The van der Waals surface area contributed by atoms with E-state index in [-0.39, 0.29) is 0 Å². The molecule has 1 aliphatic heterocycles. The summed E-state index contributed by atoms with van der Waals surface area (Å²) in [5.41, 5.74) is 5.12. The first-order valence-electron chi connectivity index (χ1n) is 8.88. The molecule has 1 aromatic carbocycles. The van der Waals surface area contributed by atoms with E-state index in [0.29, 0.717) is 23.4 Å². The maximum Gasteiger partial charge on any atom is 0.341 e. The third kappa shape index (κ3) is 4.38. The Balaban J connectivity index is 1.82. The molecule has 156 valence electrons. The van der Waals surface area contributed by atoms with Crippen molar-refractivity contribution in [3.63, 3.8) is 0 Å². The average Bonchev–Trinajstić information content (AvgIpc) is 3.35. The lowest BCUT2D eigenvalue weighted by Gasteiger charge is -2.21. The molecule has 0 fully saturated rings. The highest BCUT2D eigenvalue weighted by molar-refractivity contribution is 7.70. The fourth-order valence-electron chi connectivity index (χ4n) is 3.39. The van der Waals surface area contributed by atoms with Crippen LogP contribution in [-0.4, -0.2) is 36.2 Å². The molecular formula is C19H18N2O6P2S. The Bertz CT molecular complexity index is 1190. The third-order valence-electron chi connectivity index (χ3n) is 4.91. The first-order chi connectivity index (χ1) is 14.1. The van der Waals surface area contributed by atoms with Crippen LogP contribution >= 0.6 is 26.5 Å². The van der Waals surface area contributed by atoms with Gasteiger partial charge in [-0.3, -0.25) is 19.1 Å². The average molecular weight is 464 g/mol. The Morgan fingerprint density at radius 3 is 2.43 bits per heavy atom. The van der Waals surface area contributed by atoms with E-state index in [4.69, 9.17) is 0 Å². The molecule has 2 aromatic heterocycles. The summed E-state index contributed by atoms with van der Waals surface area (Å²) in [4.78, 5) is 47.0. The number of pyridine rings is 1. The van der Waals surface area contributed by atoms with Crippen molar-refractivity contribution in [1.29, 1.82) is 0 Å². The van der Waals surface area contributed by atoms with Gasteiger partial charge in [0, 0.05) is 35.3 Å². The first kappa shape index (κ1) is 21.3. The maximum atomic E-state index is 11.8. The van der Waals surface area contributed by atoms with E-state index in [0.717, 1.165) is 22.3 Å². The Labute approximate surface area is 176 Å². The van der Waals surface area contributed by atoms with Crippen LogP contribution in [0.5, 0.6) is 0 Å². The van der Waals surface area contributed by atoms with Crippen LogP contribution in [-0.2, 0) is 22.1 Å². The normalized spacial score (nSPS) is 13.8. The standard InChI is InChI=1S/C19H18N2O6P2S/c22-28(23,24)18(29(25,26)27)7-15-6-17(10-21-19(15)14-3-4-30-11-14)12-1-2-13-8-20-9-16(13)5-12/h1-6,9-11,18H,7-8H2,(H2,22,23,24)(H2,25,26,27). The predicted octanol–water partition coefficient (Wildman–Crippen LogP) is 3.63. The lowest BCUT2D eigenvalue weighted by atomic mass is 9.98. The van der Waals surface area contributed by atoms with Crippen LogP contribution in [0.3, 0.4) is 0 Å². The smallest absolute Gasteiger partial charge is 0.324 e. The van der Waals surface area contributed by atoms with Crippen LogP contribution < -0.4 is 0 Å². The van der Waals surface area contributed by atoms with E-state index in [1.54, 1.807) is 24.5 Å². The second-order valence-corrected chi connectivity index (χ2v) is 11.8. The molecular weight excluding hydrogens is 446 g/mol. The van der Waals surface area contributed by atoms with Gasteiger partial charge in [0.2, 0.25) is 0 Å². The van der Waals surface area contributed by atoms with Crippen molar-refractivity contribution in [2.45, 2.75) is 18.4 Å². The lowest BCUT2D eigenvalue weighted by Crippen LogP contribution is -2.14. The molecule has 0 spiro atoms. The minimum absolute atomic E-state index is 0.358. The molecule has 8 nitrogen and oxygen atoms in total. The van der Waals surface area contributed by atoms with Gasteiger partial charge < -0.3 is 19.6 Å². The number of aromatic nitrogens is 1. The number of benzene rings is 1. The molecule has 1 aliphatic rings. The number of hydrogen-bond acceptors (Lipinski definition) is 5. The minimum Gasteiger partial charge on any atom is -0.324 e. The van der Waals surface area contributed by atoms with Crippen LogP contribution in [0.4, 0.5) is 0 Å². The molecule has 0 atom stereocenters. The number of rotatable bonds is 6. The zero-order valence-electron chi connectivity index (χ0n) is 15.5. The number of thiophene rings is 1. The van der Waals surface area contributed by atoms with E-state index in [9.17, 15) is 28.7 Å². The second kappa shape index (κ2) is 7.94. The molecule has 0 amide bonds. The van der Waals surface area contributed by atoms with Gasteiger partial charge in [-0.2, -0.15) is 11.3 Å². The molecule has 3 heterocycles. The van der Waals surface area contributed by atoms with Crippen LogP contribution in [0.1, 0.15) is 16.7 Å². The molecule has 3 aromatic rings. The highest BCUT2D eigenvalue weighted by Crippen LogP contribution is 2.61. The fraction of sp³-hybridized carbons (Fsp3) is 0.158. The minimum atomic E-state index is -5.06. The monoisotopic (exact) mass is 464 g/mol. The van der Waals surface area contributed by atoms with Crippen molar-refractivity contribution < 1.29 is 28.7 Å². The quantitative estimate of drug-likeness (QED) is 0.408. The summed E-state index contributed by atoms with van der Waals surface area (Å²) in [6.07, 6.45) is 2.92. The second-order valence-electron chi connectivity index (χ2n) is 6.99. The molecule has 4 N–H and O–H groups in total. The number of hydrogen-bond donors (Lipinski definition) is 4. The summed E-state index contributed by atoms with van der Waals surface area (Å²) in [5, 5.41) is 1.52. The SMILES string of the molecule is O=P(O)(O)C(Cc1cc(-c2ccc3c(c2)C=NC3)cnc1-c1ccsc1)P(=O)(O)O. The molecule has 0 radical (unpaired) electrons. The van der Waals surface area contributed by atoms with Crippen molar-refractivity contribution in [3.8, 4) is 22.4 Å². The van der Waals surface area contributed by atoms with Gasteiger partial charge in [0.1, 0.15) is 0 Å². The number of aliphatic imine (C=N–C) groups is 1. The largest absolute Gasteiger partial charge is 0.341 e. The molecule has 4 rings (SSSR count). The van der Waals surface area contributed by atoms with Crippen molar-refractivity contribution in [2.75, 3.05) is 0 Å². The highest BCUT2D eigenvalue weighted by atomic mass is 32.1. The summed E-state index contributed by atoms with van der Waals surface area (Å²) >= 11 is 1.43. The lowest BCUT2D eigenvalue weighted by molar-refractivity contribution is 0.338. The van der Waals surface area contributed by atoms with Crippen LogP contribution in [0.15, 0.2) is 52.3 Å². The van der Waals surface area contributed by atoms with Gasteiger partial charge in [-0.15, -0.1) is 0 Å². The maximum absolute atomic E-state index is 11.8. The van der Waals surface area contributed by atoms with Gasteiger partial charge >= 0.3 is 15.2 Å².